The summed E-state index contributed by atoms with van der Waals surface area (Å²) in [4.78, 5) is 27.9. The maximum absolute atomic E-state index is 13.3. The molecule has 0 saturated carbocycles. The molecule has 1 heterocycles. The molecule has 3 aromatic carbocycles. The largest absolute Gasteiger partial charge is 0.507 e. The molecule has 6 nitrogen and oxygen atoms in total. The molecule has 3 aromatic rings. The van der Waals surface area contributed by atoms with E-state index in [2.05, 4.69) is 13.8 Å². The van der Waals surface area contributed by atoms with Crippen LogP contribution in [-0.4, -0.2) is 42.0 Å². The van der Waals surface area contributed by atoms with Crippen molar-refractivity contribution in [1.29, 1.82) is 0 Å². The summed E-state index contributed by atoms with van der Waals surface area (Å²) in [7, 11) is 1.60. The number of nitrogens with zero attached hydrogens (tertiary/aromatic N) is 1. The number of carbonyl (C=O) groups is 2. The van der Waals surface area contributed by atoms with Crippen molar-refractivity contribution < 1.29 is 24.2 Å². The molecule has 198 valence electrons. The summed E-state index contributed by atoms with van der Waals surface area (Å²) >= 11 is 0. The highest BCUT2D eigenvalue weighted by Gasteiger charge is 2.45. The number of rotatable bonds is 10. The average molecular weight is 514 g/mol. The van der Waals surface area contributed by atoms with Crippen LogP contribution in [0.15, 0.2) is 78.4 Å². The molecule has 1 fully saturated rings. The Labute approximate surface area is 224 Å². The minimum absolute atomic E-state index is 0.0991. The lowest BCUT2D eigenvalue weighted by atomic mass is 9.93. The van der Waals surface area contributed by atoms with Gasteiger partial charge in [0.1, 0.15) is 18.1 Å². The van der Waals surface area contributed by atoms with Crippen molar-refractivity contribution in [3.63, 3.8) is 0 Å². The number of amides is 1. The maximum atomic E-state index is 13.3. The van der Waals surface area contributed by atoms with Gasteiger partial charge >= 0.3 is 0 Å². The van der Waals surface area contributed by atoms with E-state index in [1.807, 2.05) is 61.5 Å². The SMILES string of the molecule is COCCCN1C(=O)C(=O)/C(=C(\O)c2ccc(OCc3ccccc3)c(C)c2)C1c1ccc(C(C)C)cc1. The van der Waals surface area contributed by atoms with Crippen molar-refractivity contribution in [2.75, 3.05) is 20.3 Å². The number of Topliss-reactive ketones (excluding diaryl/α,β-unsaturated/α-hetero) is 1. The lowest BCUT2D eigenvalue weighted by Crippen LogP contribution is -2.31. The zero-order chi connectivity index (χ0) is 27.2. The zero-order valence-electron chi connectivity index (χ0n) is 22.4. The fraction of sp³-hybridized carbons (Fsp3) is 0.312. The van der Waals surface area contributed by atoms with Crippen LogP contribution in [0.5, 0.6) is 5.75 Å². The smallest absolute Gasteiger partial charge is 0.295 e. The van der Waals surface area contributed by atoms with E-state index < -0.39 is 17.7 Å². The van der Waals surface area contributed by atoms with Gasteiger partial charge in [0.15, 0.2) is 0 Å². The number of methoxy groups -OCH3 is 1. The molecular weight excluding hydrogens is 478 g/mol. The second kappa shape index (κ2) is 12.1. The van der Waals surface area contributed by atoms with Crippen molar-refractivity contribution in [3.8, 4) is 5.75 Å². The van der Waals surface area contributed by atoms with E-state index in [0.717, 1.165) is 22.3 Å². The number of ketones is 1. The molecule has 0 bridgehead atoms. The fourth-order valence-corrected chi connectivity index (χ4v) is 4.75. The first-order valence-corrected chi connectivity index (χ1v) is 13.0. The van der Waals surface area contributed by atoms with Gasteiger partial charge in [-0.05, 0) is 59.7 Å². The van der Waals surface area contributed by atoms with Crippen LogP contribution >= 0.6 is 0 Å². The summed E-state index contributed by atoms with van der Waals surface area (Å²) in [6.07, 6.45) is 0.580. The topological polar surface area (TPSA) is 76.1 Å². The van der Waals surface area contributed by atoms with Crippen molar-refractivity contribution in [2.24, 2.45) is 0 Å². The van der Waals surface area contributed by atoms with Crippen LogP contribution in [-0.2, 0) is 20.9 Å². The molecule has 4 rings (SSSR count). The van der Waals surface area contributed by atoms with E-state index in [1.54, 1.807) is 30.2 Å². The van der Waals surface area contributed by atoms with E-state index in [9.17, 15) is 14.7 Å². The zero-order valence-corrected chi connectivity index (χ0v) is 22.4. The van der Waals surface area contributed by atoms with Gasteiger partial charge in [-0.3, -0.25) is 9.59 Å². The van der Waals surface area contributed by atoms with E-state index in [4.69, 9.17) is 9.47 Å². The van der Waals surface area contributed by atoms with E-state index >= 15 is 0 Å². The van der Waals surface area contributed by atoms with Crippen LogP contribution in [0.4, 0.5) is 0 Å². The fourth-order valence-electron chi connectivity index (χ4n) is 4.75. The summed E-state index contributed by atoms with van der Waals surface area (Å²) in [6.45, 7) is 7.35. The Bertz CT molecular complexity index is 1310. The number of aliphatic hydroxyl groups excluding tert-OH is 1. The molecule has 1 aliphatic heterocycles. The summed E-state index contributed by atoms with van der Waals surface area (Å²) < 4.78 is 11.1. The van der Waals surface area contributed by atoms with Crippen LogP contribution in [0.25, 0.3) is 5.76 Å². The van der Waals surface area contributed by atoms with Crippen LogP contribution in [0.2, 0.25) is 0 Å². The summed E-state index contributed by atoms with van der Waals surface area (Å²) in [5.74, 6) is -0.442. The molecule has 0 aromatic heterocycles. The molecule has 0 aliphatic carbocycles. The first-order chi connectivity index (χ1) is 18.3. The van der Waals surface area contributed by atoms with Gasteiger partial charge in [-0.15, -0.1) is 0 Å². The van der Waals surface area contributed by atoms with Gasteiger partial charge in [0.05, 0.1) is 11.6 Å². The first-order valence-electron chi connectivity index (χ1n) is 13.0. The van der Waals surface area contributed by atoms with Gasteiger partial charge in [0.2, 0.25) is 0 Å². The third-order valence-corrected chi connectivity index (χ3v) is 6.89. The Hall–Kier alpha value is -3.90. The molecule has 0 spiro atoms. The molecule has 1 atom stereocenters. The van der Waals surface area contributed by atoms with Crippen molar-refractivity contribution in [3.05, 3.63) is 106 Å². The highest BCUT2D eigenvalue weighted by Crippen LogP contribution is 2.40. The predicted octanol–water partition coefficient (Wildman–Crippen LogP) is 6.16. The van der Waals surface area contributed by atoms with Crippen LogP contribution in [0, 0.1) is 6.92 Å². The molecule has 38 heavy (non-hydrogen) atoms. The predicted molar refractivity (Wildman–Crippen MR) is 148 cm³/mol. The quantitative estimate of drug-likeness (QED) is 0.152. The Kier molecular flexibility index (Phi) is 8.64. The highest BCUT2D eigenvalue weighted by molar-refractivity contribution is 6.46. The molecule has 1 unspecified atom stereocenters. The third kappa shape index (κ3) is 5.81. The standard InChI is InChI=1S/C32H35NO5/c1-21(2)24-11-13-25(14-12-24)29-28(31(35)32(36)33(29)17-8-18-37-4)30(34)26-15-16-27(22(3)19-26)38-20-23-9-6-5-7-10-23/h5-7,9-16,19,21,29,34H,8,17-18,20H2,1-4H3/b30-28-. The molecule has 1 amide bonds. The first kappa shape index (κ1) is 27.1. The number of hydrogen-bond donors (Lipinski definition) is 1. The lowest BCUT2D eigenvalue weighted by molar-refractivity contribution is -0.140. The van der Waals surface area contributed by atoms with Gasteiger partial charge in [-0.25, -0.2) is 0 Å². The number of aryl methyl sites for hydroxylation is 1. The molecular formula is C32H35NO5. The third-order valence-electron chi connectivity index (χ3n) is 6.89. The Morgan fingerprint density at radius 3 is 2.34 bits per heavy atom. The molecule has 0 radical (unpaired) electrons. The van der Waals surface area contributed by atoms with Crippen LogP contribution in [0.1, 0.15) is 60.0 Å². The van der Waals surface area contributed by atoms with Crippen molar-refractivity contribution in [2.45, 2.75) is 45.8 Å². The van der Waals surface area contributed by atoms with Crippen molar-refractivity contribution >= 4 is 17.4 Å². The van der Waals surface area contributed by atoms with Gasteiger partial charge in [-0.2, -0.15) is 0 Å². The number of aliphatic hydroxyl groups is 1. The van der Waals surface area contributed by atoms with Gasteiger partial charge in [0, 0.05) is 25.8 Å². The molecule has 1 saturated heterocycles. The lowest BCUT2D eigenvalue weighted by Gasteiger charge is -2.25. The molecule has 1 N–H and O–H groups in total. The minimum Gasteiger partial charge on any atom is -0.507 e. The van der Waals surface area contributed by atoms with E-state index in [0.29, 0.717) is 43.4 Å². The number of benzene rings is 3. The average Bonchev–Trinajstić information content (AvgIpc) is 3.17. The molecule has 6 heteroatoms. The second-order valence-corrected chi connectivity index (χ2v) is 9.91. The number of ether oxygens (including phenoxy) is 2. The van der Waals surface area contributed by atoms with Crippen molar-refractivity contribution in [1.82, 2.24) is 4.90 Å². The maximum Gasteiger partial charge on any atom is 0.295 e. The second-order valence-electron chi connectivity index (χ2n) is 9.91. The number of hydrogen-bond acceptors (Lipinski definition) is 5. The van der Waals surface area contributed by atoms with E-state index in [1.165, 1.54) is 0 Å². The summed E-state index contributed by atoms with van der Waals surface area (Å²) in [5.41, 5.74) is 4.38. The minimum atomic E-state index is -0.681. The Morgan fingerprint density at radius 1 is 1.00 bits per heavy atom. The van der Waals surface area contributed by atoms with Gasteiger partial charge < -0.3 is 19.5 Å². The van der Waals surface area contributed by atoms with Gasteiger partial charge in [0.25, 0.3) is 11.7 Å². The molecule has 1 aliphatic rings. The highest BCUT2D eigenvalue weighted by atomic mass is 16.5. The Balaban J connectivity index is 1.69. The van der Waals surface area contributed by atoms with Gasteiger partial charge in [-0.1, -0.05) is 68.4 Å². The van der Waals surface area contributed by atoms with Crippen LogP contribution < -0.4 is 4.74 Å². The summed E-state index contributed by atoms with van der Waals surface area (Å²) in [5, 5.41) is 11.4. The normalized spacial score (nSPS) is 16.9. The monoisotopic (exact) mass is 513 g/mol. The van der Waals surface area contributed by atoms with E-state index in [-0.39, 0.29) is 11.3 Å². The summed E-state index contributed by atoms with van der Waals surface area (Å²) in [6, 6.07) is 22.4. The van der Waals surface area contributed by atoms with Crippen LogP contribution in [0.3, 0.4) is 0 Å². The number of likely N-dealkylation sites (tertiary alicyclic amines) is 1. The Morgan fingerprint density at radius 2 is 1.71 bits per heavy atom. The number of carbonyl (C=O) groups excluding carboxylic acids is 2.